The normalized spacial score (nSPS) is 11.6. The molecule has 9 heteroatoms. The topological polar surface area (TPSA) is 82.6 Å². The van der Waals surface area contributed by atoms with E-state index in [-0.39, 0.29) is 17.2 Å². The molecule has 2 aromatic carbocycles. The summed E-state index contributed by atoms with van der Waals surface area (Å²) < 4.78 is 27.3. The van der Waals surface area contributed by atoms with Crippen LogP contribution in [-0.2, 0) is 21.2 Å². The molecule has 1 N–H and O–H groups in total. The third-order valence-electron chi connectivity index (χ3n) is 5.23. The summed E-state index contributed by atoms with van der Waals surface area (Å²) in [4.78, 5) is 19.4. The van der Waals surface area contributed by atoms with Crippen molar-refractivity contribution in [3.8, 4) is 10.6 Å². The Hall–Kier alpha value is -2.75. The molecule has 0 radical (unpaired) electrons. The van der Waals surface area contributed by atoms with Crippen molar-refractivity contribution in [2.75, 3.05) is 37.4 Å². The molecule has 176 valence electrons. The van der Waals surface area contributed by atoms with E-state index in [0.717, 1.165) is 21.8 Å². The number of carbonyl (C=O) groups excluding carboxylic acids is 1. The second-order valence-electron chi connectivity index (χ2n) is 7.90. The molecule has 3 rings (SSSR count). The predicted octanol–water partition coefficient (Wildman–Crippen LogP) is 4.40. The van der Waals surface area contributed by atoms with Crippen LogP contribution in [0.1, 0.15) is 25.1 Å². The van der Waals surface area contributed by atoms with E-state index in [4.69, 9.17) is 0 Å². The van der Waals surface area contributed by atoms with Crippen molar-refractivity contribution in [2.45, 2.75) is 32.1 Å². The second kappa shape index (κ2) is 10.5. The van der Waals surface area contributed by atoms with Gasteiger partial charge in [-0.25, -0.2) is 13.4 Å². The maximum absolute atomic E-state index is 13.0. The Morgan fingerprint density at radius 2 is 1.82 bits per heavy atom. The van der Waals surface area contributed by atoms with Gasteiger partial charge in [0.1, 0.15) is 5.01 Å². The highest BCUT2D eigenvalue weighted by Crippen LogP contribution is 2.30. The van der Waals surface area contributed by atoms with Crippen LogP contribution in [0.3, 0.4) is 0 Å². The van der Waals surface area contributed by atoms with Gasteiger partial charge < -0.3 is 10.2 Å². The molecule has 1 amide bonds. The minimum absolute atomic E-state index is 0.0994. The number of aryl methyl sites for hydroxylation is 1. The van der Waals surface area contributed by atoms with Crippen LogP contribution >= 0.6 is 11.3 Å². The SMILES string of the molecule is CCN(CC)S(=O)(=O)c1ccc(N(C)C)c(NC(=O)Cc2csc(-c3cccc(C)c3)n2)c1. The molecular weight excluding hydrogens is 456 g/mol. The molecule has 0 saturated carbocycles. The monoisotopic (exact) mass is 486 g/mol. The van der Waals surface area contributed by atoms with Crippen molar-refractivity contribution < 1.29 is 13.2 Å². The number of rotatable bonds is 9. The lowest BCUT2D eigenvalue weighted by Gasteiger charge is -2.22. The van der Waals surface area contributed by atoms with E-state index in [0.29, 0.717) is 24.5 Å². The highest BCUT2D eigenvalue weighted by atomic mass is 32.2. The molecule has 1 aromatic heterocycles. The summed E-state index contributed by atoms with van der Waals surface area (Å²) in [6.45, 7) is 6.39. The van der Waals surface area contributed by atoms with Gasteiger partial charge in [0, 0.05) is 38.1 Å². The molecule has 0 bridgehead atoms. The Labute approximate surface area is 200 Å². The lowest BCUT2D eigenvalue weighted by Crippen LogP contribution is -2.30. The fourth-order valence-electron chi connectivity index (χ4n) is 3.54. The van der Waals surface area contributed by atoms with Gasteiger partial charge in [0.2, 0.25) is 15.9 Å². The van der Waals surface area contributed by atoms with E-state index in [1.54, 1.807) is 26.0 Å². The van der Waals surface area contributed by atoms with Crippen LogP contribution in [0.25, 0.3) is 10.6 Å². The number of benzene rings is 2. The standard InChI is InChI=1S/C24H30N4O3S2/c1-6-28(7-2)33(30,31)20-11-12-22(27(4)5)21(15-20)26-23(29)14-19-16-32-24(25-19)18-10-8-9-17(3)13-18/h8-13,15-16H,6-7,14H2,1-5H3,(H,26,29). The average molecular weight is 487 g/mol. The summed E-state index contributed by atoms with van der Waals surface area (Å²) in [6.07, 6.45) is 0.0994. The molecular formula is C24H30N4O3S2. The van der Waals surface area contributed by atoms with Gasteiger partial charge in [0.15, 0.2) is 0 Å². The molecule has 0 atom stereocenters. The Balaban J connectivity index is 1.83. The van der Waals surface area contributed by atoms with E-state index < -0.39 is 10.0 Å². The van der Waals surface area contributed by atoms with Gasteiger partial charge in [0.25, 0.3) is 0 Å². The number of nitrogens with zero attached hydrogens (tertiary/aromatic N) is 3. The summed E-state index contributed by atoms with van der Waals surface area (Å²) in [6, 6.07) is 12.9. The van der Waals surface area contributed by atoms with Crippen molar-refractivity contribution in [2.24, 2.45) is 0 Å². The van der Waals surface area contributed by atoms with Crippen LogP contribution < -0.4 is 10.2 Å². The molecule has 3 aromatic rings. The minimum Gasteiger partial charge on any atom is -0.376 e. The van der Waals surface area contributed by atoms with Crippen molar-refractivity contribution in [3.05, 3.63) is 59.1 Å². The Morgan fingerprint density at radius 1 is 1.09 bits per heavy atom. The van der Waals surface area contributed by atoms with E-state index in [1.807, 2.05) is 49.5 Å². The number of amides is 1. The largest absolute Gasteiger partial charge is 0.376 e. The summed E-state index contributed by atoms with van der Waals surface area (Å²) in [5.74, 6) is -0.253. The number of carbonyl (C=O) groups is 1. The third kappa shape index (κ3) is 5.79. The Kier molecular flexibility index (Phi) is 7.88. The third-order valence-corrected chi connectivity index (χ3v) is 8.21. The zero-order chi connectivity index (χ0) is 24.2. The van der Waals surface area contributed by atoms with Gasteiger partial charge in [-0.3, -0.25) is 4.79 Å². The van der Waals surface area contributed by atoms with Crippen molar-refractivity contribution in [3.63, 3.8) is 0 Å². The van der Waals surface area contributed by atoms with E-state index >= 15 is 0 Å². The summed E-state index contributed by atoms with van der Waals surface area (Å²) in [5.41, 5.74) is 4.02. The van der Waals surface area contributed by atoms with Crippen LogP contribution in [0.4, 0.5) is 11.4 Å². The maximum Gasteiger partial charge on any atom is 0.243 e. The van der Waals surface area contributed by atoms with Gasteiger partial charge in [-0.15, -0.1) is 11.3 Å². The van der Waals surface area contributed by atoms with Crippen LogP contribution in [0, 0.1) is 6.92 Å². The first kappa shape index (κ1) is 24.9. The lowest BCUT2D eigenvalue weighted by molar-refractivity contribution is -0.115. The first-order valence-corrected chi connectivity index (χ1v) is 13.1. The van der Waals surface area contributed by atoms with Gasteiger partial charge in [-0.1, -0.05) is 37.6 Å². The molecule has 0 aliphatic heterocycles. The molecule has 0 aliphatic carbocycles. The first-order chi connectivity index (χ1) is 15.6. The van der Waals surface area contributed by atoms with E-state index in [1.165, 1.54) is 21.7 Å². The number of sulfonamides is 1. The van der Waals surface area contributed by atoms with Crippen LogP contribution in [-0.4, -0.2) is 50.8 Å². The number of aromatic nitrogens is 1. The molecule has 1 heterocycles. The fourth-order valence-corrected chi connectivity index (χ4v) is 5.84. The van der Waals surface area contributed by atoms with Crippen LogP contribution in [0.2, 0.25) is 0 Å². The Morgan fingerprint density at radius 3 is 2.45 bits per heavy atom. The zero-order valence-corrected chi connectivity index (χ0v) is 21.3. The number of hydrogen-bond donors (Lipinski definition) is 1. The van der Waals surface area contributed by atoms with Gasteiger partial charge in [-0.05, 0) is 31.2 Å². The number of nitrogens with one attached hydrogen (secondary N) is 1. The van der Waals surface area contributed by atoms with Crippen LogP contribution in [0.5, 0.6) is 0 Å². The predicted molar refractivity (Wildman–Crippen MR) is 135 cm³/mol. The molecule has 0 saturated heterocycles. The molecule has 33 heavy (non-hydrogen) atoms. The van der Waals surface area contributed by atoms with Gasteiger partial charge >= 0.3 is 0 Å². The minimum atomic E-state index is -3.64. The highest BCUT2D eigenvalue weighted by Gasteiger charge is 2.23. The fraction of sp³-hybridized carbons (Fsp3) is 0.333. The van der Waals surface area contributed by atoms with Crippen molar-refractivity contribution in [1.29, 1.82) is 0 Å². The maximum atomic E-state index is 13.0. The summed E-state index contributed by atoms with van der Waals surface area (Å²) in [7, 11) is 0.0518. The van der Waals surface area contributed by atoms with Gasteiger partial charge in [0.05, 0.1) is 28.4 Å². The van der Waals surface area contributed by atoms with Crippen molar-refractivity contribution in [1.82, 2.24) is 9.29 Å². The van der Waals surface area contributed by atoms with E-state index in [9.17, 15) is 13.2 Å². The lowest BCUT2D eigenvalue weighted by atomic mass is 10.1. The summed E-state index contributed by atoms with van der Waals surface area (Å²) in [5, 5.41) is 5.63. The van der Waals surface area contributed by atoms with Gasteiger partial charge in [-0.2, -0.15) is 4.31 Å². The molecule has 0 aliphatic rings. The second-order valence-corrected chi connectivity index (χ2v) is 10.7. The highest BCUT2D eigenvalue weighted by molar-refractivity contribution is 7.89. The molecule has 7 nitrogen and oxygen atoms in total. The molecule has 0 unspecified atom stereocenters. The average Bonchev–Trinajstić information content (AvgIpc) is 3.22. The van der Waals surface area contributed by atoms with Crippen LogP contribution in [0.15, 0.2) is 52.7 Å². The summed E-state index contributed by atoms with van der Waals surface area (Å²) >= 11 is 1.50. The number of hydrogen-bond acceptors (Lipinski definition) is 6. The number of thiazole rings is 1. The van der Waals surface area contributed by atoms with Crippen molar-refractivity contribution >= 4 is 38.6 Å². The smallest absolute Gasteiger partial charge is 0.243 e. The van der Waals surface area contributed by atoms with E-state index in [2.05, 4.69) is 16.4 Å². The molecule has 0 fully saturated rings. The zero-order valence-electron chi connectivity index (χ0n) is 19.6. The number of anilines is 2. The first-order valence-electron chi connectivity index (χ1n) is 10.8. The quantitative estimate of drug-likeness (QED) is 0.485. The molecule has 0 spiro atoms. The Bertz CT molecular complexity index is 1230.